The molecule has 34 heavy (non-hydrogen) atoms. The number of carbonyl (C=O) groups is 1. The highest BCUT2D eigenvalue weighted by Gasteiger charge is 2.30. The molecule has 0 bridgehead atoms. The summed E-state index contributed by atoms with van der Waals surface area (Å²) in [5.41, 5.74) is 3.32. The van der Waals surface area contributed by atoms with E-state index in [0.29, 0.717) is 28.9 Å². The van der Waals surface area contributed by atoms with E-state index in [-0.39, 0.29) is 12.2 Å². The molecule has 0 aliphatic heterocycles. The zero-order chi connectivity index (χ0) is 24.1. The average Bonchev–Trinajstić information content (AvgIpc) is 3.69. The minimum absolute atomic E-state index is 0.0555. The summed E-state index contributed by atoms with van der Waals surface area (Å²) in [7, 11) is 0. The molecule has 0 spiro atoms. The molecule has 0 heterocycles. The number of carboxylic acid groups (broad SMARTS) is 1. The van der Waals surface area contributed by atoms with E-state index in [1.54, 1.807) is 30.3 Å². The Morgan fingerprint density at radius 2 is 1.76 bits per heavy atom. The van der Waals surface area contributed by atoms with Gasteiger partial charge in [0.25, 0.3) is 0 Å². The molecule has 174 valence electrons. The van der Waals surface area contributed by atoms with Crippen molar-refractivity contribution in [1.82, 2.24) is 4.90 Å². The Labute approximate surface area is 203 Å². The van der Waals surface area contributed by atoms with Gasteiger partial charge in [0.15, 0.2) is 0 Å². The van der Waals surface area contributed by atoms with E-state index in [0.717, 1.165) is 36.1 Å². The van der Waals surface area contributed by atoms with Gasteiger partial charge in [-0.1, -0.05) is 41.9 Å². The van der Waals surface area contributed by atoms with Crippen molar-refractivity contribution in [3.8, 4) is 22.9 Å². The molecule has 1 aliphatic rings. The van der Waals surface area contributed by atoms with Crippen LogP contribution in [0.15, 0.2) is 66.7 Å². The molecular weight excluding hydrogens is 452 g/mol. The van der Waals surface area contributed by atoms with Crippen LogP contribution in [0, 0.1) is 11.3 Å². The minimum Gasteiger partial charge on any atom is -0.489 e. The van der Waals surface area contributed by atoms with Crippen LogP contribution in [0.2, 0.25) is 5.02 Å². The Morgan fingerprint density at radius 3 is 2.38 bits per heavy atom. The van der Waals surface area contributed by atoms with Crippen LogP contribution in [0.4, 0.5) is 0 Å². The van der Waals surface area contributed by atoms with Crippen molar-refractivity contribution in [3.05, 3.63) is 88.4 Å². The molecule has 0 unspecified atom stereocenters. The van der Waals surface area contributed by atoms with Gasteiger partial charge in [-0.3, -0.25) is 4.90 Å². The van der Waals surface area contributed by atoms with E-state index in [1.807, 2.05) is 24.3 Å². The van der Waals surface area contributed by atoms with Gasteiger partial charge in [-0.2, -0.15) is 5.26 Å². The number of aliphatic hydroxyl groups excluding tert-OH is 1. The van der Waals surface area contributed by atoms with Gasteiger partial charge in [0.2, 0.25) is 0 Å². The molecule has 1 fully saturated rings. The predicted octanol–water partition coefficient (Wildman–Crippen LogP) is 4.98. The Hall–Kier alpha value is -3.37. The van der Waals surface area contributed by atoms with Gasteiger partial charge in [-0.05, 0) is 65.9 Å². The Balaban J connectivity index is 1.41. The van der Waals surface area contributed by atoms with Gasteiger partial charge in [-0.25, -0.2) is 4.79 Å². The van der Waals surface area contributed by atoms with Gasteiger partial charge < -0.3 is 14.9 Å². The van der Waals surface area contributed by atoms with Gasteiger partial charge in [0.05, 0.1) is 11.1 Å². The lowest BCUT2D eigenvalue weighted by Crippen LogP contribution is -2.36. The fraction of sp³-hybridized carbons (Fsp3) is 0.259. The molecule has 0 radical (unpaired) electrons. The Morgan fingerprint density at radius 1 is 1.09 bits per heavy atom. The molecule has 1 atom stereocenters. The molecule has 0 aromatic heterocycles. The second-order valence-corrected chi connectivity index (χ2v) is 8.89. The number of nitriles is 1. The molecule has 4 rings (SSSR count). The third-order valence-corrected chi connectivity index (χ3v) is 6.06. The normalized spacial score (nSPS) is 13.9. The van der Waals surface area contributed by atoms with Crippen LogP contribution in [0.1, 0.15) is 34.3 Å². The molecule has 6 nitrogen and oxygen atoms in total. The largest absolute Gasteiger partial charge is 0.489 e. The Bertz CT molecular complexity index is 1180. The van der Waals surface area contributed by atoms with Gasteiger partial charge in [-0.15, -0.1) is 0 Å². The SMILES string of the molecule is N#Cc1ccc(-c2ccc(C(=O)O)cc2)cc1OC[C@@H](O)CN(Cc1ccc(Cl)cc1)C1CC1. The fourth-order valence-electron chi connectivity index (χ4n) is 3.84. The molecular formula is C27H25ClN2O4. The van der Waals surface area contributed by atoms with Gasteiger partial charge in [0, 0.05) is 24.2 Å². The maximum absolute atomic E-state index is 11.1. The lowest BCUT2D eigenvalue weighted by Gasteiger charge is -2.25. The topological polar surface area (TPSA) is 93.8 Å². The minimum atomic E-state index is -0.985. The van der Waals surface area contributed by atoms with E-state index < -0.39 is 12.1 Å². The average molecular weight is 477 g/mol. The van der Waals surface area contributed by atoms with Crippen molar-refractivity contribution in [2.45, 2.75) is 31.5 Å². The van der Waals surface area contributed by atoms with Crippen molar-refractivity contribution >= 4 is 17.6 Å². The van der Waals surface area contributed by atoms with Crippen molar-refractivity contribution < 1.29 is 19.7 Å². The summed E-state index contributed by atoms with van der Waals surface area (Å²) in [6.45, 7) is 1.25. The Kier molecular flexibility index (Phi) is 7.49. The van der Waals surface area contributed by atoms with Crippen LogP contribution in [0.5, 0.6) is 5.75 Å². The zero-order valence-electron chi connectivity index (χ0n) is 18.5. The summed E-state index contributed by atoms with van der Waals surface area (Å²) in [6, 6.07) is 22.0. The van der Waals surface area contributed by atoms with E-state index in [4.69, 9.17) is 21.4 Å². The molecule has 0 saturated heterocycles. The number of halogens is 1. The molecule has 7 heteroatoms. The highest BCUT2D eigenvalue weighted by Crippen LogP contribution is 2.30. The van der Waals surface area contributed by atoms with Crippen LogP contribution in [-0.2, 0) is 6.54 Å². The van der Waals surface area contributed by atoms with Crippen molar-refractivity contribution in [3.63, 3.8) is 0 Å². The third-order valence-electron chi connectivity index (χ3n) is 5.81. The summed E-state index contributed by atoms with van der Waals surface area (Å²) in [5, 5.41) is 29.9. The molecule has 2 N–H and O–H groups in total. The fourth-order valence-corrected chi connectivity index (χ4v) is 3.96. The molecule has 3 aromatic rings. The van der Waals surface area contributed by atoms with Crippen LogP contribution in [0.25, 0.3) is 11.1 Å². The van der Waals surface area contributed by atoms with Crippen LogP contribution < -0.4 is 4.74 Å². The predicted molar refractivity (Wildman–Crippen MR) is 130 cm³/mol. The standard InChI is InChI=1S/C27H25ClN2O4/c28-23-9-1-18(2-10-23)15-30(24-11-12-24)16-25(31)17-34-26-13-21(7-8-22(26)14-29)19-3-5-20(6-4-19)27(32)33/h1-10,13,24-25,31H,11-12,15-17H2,(H,32,33)/t25-/m0/s1. The quantitative estimate of drug-likeness (QED) is 0.428. The molecule has 3 aromatic carbocycles. The maximum atomic E-state index is 11.1. The second kappa shape index (κ2) is 10.7. The van der Waals surface area contributed by atoms with E-state index >= 15 is 0 Å². The first-order valence-corrected chi connectivity index (χ1v) is 11.5. The third kappa shape index (κ3) is 6.15. The molecule has 1 aliphatic carbocycles. The number of carboxylic acids is 1. The number of aliphatic hydroxyl groups is 1. The second-order valence-electron chi connectivity index (χ2n) is 8.46. The molecule has 1 saturated carbocycles. The summed E-state index contributed by atoms with van der Waals surface area (Å²) in [5.74, 6) is -0.599. The number of rotatable bonds is 10. The van der Waals surface area contributed by atoms with E-state index in [2.05, 4.69) is 11.0 Å². The number of hydrogen-bond donors (Lipinski definition) is 2. The monoisotopic (exact) mass is 476 g/mol. The van der Waals surface area contributed by atoms with Crippen molar-refractivity contribution in [1.29, 1.82) is 5.26 Å². The lowest BCUT2D eigenvalue weighted by molar-refractivity contribution is 0.0625. The maximum Gasteiger partial charge on any atom is 0.335 e. The number of aromatic carboxylic acids is 1. The van der Waals surface area contributed by atoms with Gasteiger partial charge >= 0.3 is 5.97 Å². The smallest absolute Gasteiger partial charge is 0.335 e. The summed E-state index contributed by atoms with van der Waals surface area (Å²) in [6.07, 6.45) is 1.50. The first-order chi connectivity index (χ1) is 16.4. The molecule has 0 amide bonds. The highest BCUT2D eigenvalue weighted by atomic mass is 35.5. The van der Waals surface area contributed by atoms with Crippen LogP contribution in [0.3, 0.4) is 0 Å². The lowest BCUT2D eigenvalue weighted by atomic mass is 10.0. The summed E-state index contributed by atoms with van der Waals surface area (Å²) in [4.78, 5) is 13.3. The van der Waals surface area contributed by atoms with E-state index in [9.17, 15) is 15.2 Å². The summed E-state index contributed by atoms with van der Waals surface area (Å²) < 4.78 is 5.87. The number of benzene rings is 3. The first-order valence-electron chi connectivity index (χ1n) is 11.1. The van der Waals surface area contributed by atoms with E-state index in [1.165, 1.54) is 12.1 Å². The summed E-state index contributed by atoms with van der Waals surface area (Å²) >= 11 is 5.98. The van der Waals surface area contributed by atoms with Crippen molar-refractivity contribution in [2.24, 2.45) is 0 Å². The van der Waals surface area contributed by atoms with Crippen LogP contribution >= 0.6 is 11.6 Å². The number of ether oxygens (including phenoxy) is 1. The van der Waals surface area contributed by atoms with Crippen LogP contribution in [-0.4, -0.2) is 46.4 Å². The number of hydrogen-bond acceptors (Lipinski definition) is 5. The highest BCUT2D eigenvalue weighted by molar-refractivity contribution is 6.30. The first kappa shape index (κ1) is 23.8. The number of nitrogens with zero attached hydrogens (tertiary/aromatic N) is 2. The van der Waals surface area contributed by atoms with Gasteiger partial charge in [0.1, 0.15) is 24.5 Å². The van der Waals surface area contributed by atoms with Crippen molar-refractivity contribution in [2.75, 3.05) is 13.2 Å². The zero-order valence-corrected chi connectivity index (χ0v) is 19.3.